The zero-order valence-corrected chi connectivity index (χ0v) is 21.1. The first-order chi connectivity index (χ1) is 18.0. The maximum absolute atomic E-state index is 12.9. The lowest BCUT2D eigenvalue weighted by Gasteiger charge is -2.31. The Labute approximate surface area is 217 Å². The molecule has 0 spiro atoms. The van der Waals surface area contributed by atoms with Crippen LogP contribution in [0.2, 0.25) is 0 Å². The molecule has 0 bridgehead atoms. The Hall–Kier alpha value is -4.18. The molecule has 0 aliphatic carbocycles. The number of aromatic nitrogens is 2. The van der Waals surface area contributed by atoms with Crippen molar-refractivity contribution in [1.29, 1.82) is 0 Å². The van der Waals surface area contributed by atoms with E-state index in [0.717, 1.165) is 34.3 Å². The molecule has 5 rings (SSSR count). The molecule has 2 aromatic heterocycles. The van der Waals surface area contributed by atoms with Crippen molar-refractivity contribution >= 4 is 40.0 Å². The number of para-hydroxylation sites is 2. The molecule has 37 heavy (non-hydrogen) atoms. The molecule has 190 valence electrons. The number of ether oxygens (including phenoxy) is 1. The van der Waals surface area contributed by atoms with Crippen LogP contribution in [0.25, 0.3) is 10.9 Å². The third kappa shape index (κ3) is 5.34. The summed E-state index contributed by atoms with van der Waals surface area (Å²) in [7, 11) is 1.48. The molecule has 9 nitrogen and oxygen atoms in total. The number of carbonyl (C=O) groups excluding carboxylic acids is 3. The van der Waals surface area contributed by atoms with E-state index >= 15 is 0 Å². The number of amides is 3. The van der Waals surface area contributed by atoms with Crippen LogP contribution in [-0.4, -0.2) is 52.8 Å². The molecule has 4 aromatic rings. The lowest BCUT2D eigenvalue weighted by atomic mass is 9.97. The molecule has 1 fully saturated rings. The Morgan fingerprint density at radius 1 is 1.05 bits per heavy atom. The Morgan fingerprint density at radius 3 is 2.59 bits per heavy atom. The zero-order chi connectivity index (χ0) is 25.8. The zero-order valence-electron chi connectivity index (χ0n) is 20.3. The second-order valence-electron chi connectivity index (χ2n) is 8.87. The third-order valence-corrected chi connectivity index (χ3v) is 7.62. The van der Waals surface area contributed by atoms with Crippen molar-refractivity contribution in [2.45, 2.75) is 25.2 Å². The van der Waals surface area contributed by atoms with Gasteiger partial charge in [0.1, 0.15) is 11.4 Å². The summed E-state index contributed by atoms with van der Waals surface area (Å²) in [6.45, 7) is 1.31. The van der Waals surface area contributed by atoms with Crippen molar-refractivity contribution in [2.75, 3.05) is 20.2 Å². The number of H-pyrrole nitrogens is 1. The molecule has 2 aromatic carbocycles. The van der Waals surface area contributed by atoms with E-state index < -0.39 is 11.8 Å². The number of piperidine rings is 1. The van der Waals surface area contributed by atoms with Crippen LogP contribution < -0.4 is 15.6 Å². The van der Waals surface area contributed by atoms with Gasteiger partial charge in [-0.2, -0.15) is 0 Å². The summed E-state index contributed by atoms with van der Waals surface area (Å²) in [5, 5.41) is 3.64. The number of carbonyl (C=O) groups is 3. The SMILES string of the molecule is COc1ccccc1C(=O)NNC(=O)c1csc(C2CCN(C(=O)Cc3c[nH]c4ccccc34)CC2)n1. The number of benzene rings is 2. The second kappa shape index (κ2) is 10.8. The molecule has 3 N–H and O–H groups in total. The van der Waals surface area contributed by atoms with Crippen LogP contribution in [0.15, 0.2) is 60.1 Å². The first-order valence-corrected chi connectivity index (χ1v) is 12.9. The van der Waals surface area contributed by atoms with Crippen molar-refractivity contribution < 1.29 is 19.1 Å². The highest BCUT2D eigenvalue weighted by Crippen LogP contribution is 2.31. The highest BCUT2D eigenvalue weighted by atomic mass is 32.1. The standard InChI is InChI=1S/C27H27N5O4S/c1-36-23-9-5-3-7-20(23)25(34)30-31-26(35)22-16-37-27(29-22)17-10-12-32(13-11-17)24(33)14-18-15-28-21-8-4-2-6-19(18)21/h2-9,15-17,28H,10-14H2,1H3,(H,30,34)(H,31,35). The van der Waals surface area contributed by atoms with Gasteiger partial charge in [0.25, 0.3) is 11.8 Å². The van der Waals surface area contributed by atoms with Crippen LogP contribution in [0.1, 0.15) is 50.2 Å². The molecule has 0 atom stereocenters. The fourth-order valence-corrected chi connectivity index (χ4v) is 5.56. The van der Waals surface area contributed by atoms with Gasteiger partial charge in [0.2, 0.25) is 5.91 Å². The van der Waals surface area contributed by atoms with Crippen LogP contribution in [0.3, 0.4) is 0 Å². The quantitative estimate of drug-likeness (QED) is 0.338. The minimum atomic E-state index is -0.489. The third-order valence-electron chi connectivity index (χ3n) is 6.61. The summed E-state index contributed by atoms with van der Waals surface area (Å²) in [6, 6.07) is 14.7. The van der Waals surface area contributed by atoms with Crippen LogP contribution in [-0.2, 0) is 11.2 Å². The molecule has 3 amide bonds. The Bertz CT molecular complexity index is 1440. The van der Waals surface area contributed by atoms with Gasteiger partial charge in [-0.05, 0) is 36.6 Å². The molecule has 3 heterocycles. The summed E-state index contributed by atoms with van der Waals surface area (Å²) in [5.74, 6) is -0.250. The summed E-state index contributed by atoms with van der Waals surface area (Å²) in [5.41, 5.74) is 7.43. The lowest BCUT2D eigenvalue weighted by molar-refractivity contribution is -0.131. The summed E-state index contributed by atoms with van der Waals surface area (Å²) in [4.78, 5) is 47.5. The first-order valence-electron chi connectivity index (χ1n) is 12.1. The van der Waals surface area contributed by atoms with Crippen molar-refractivity contribution in [1.82, 2.24) is 25.7 Å². The van der Waals surface area contributed by atoms with E-state index in [0.29, 0.717) is 30.8 Å². The molecular formula is C27H27N5O4S. The number of hydrazine groups is 1. The number of hydrogen-bond donors (Lipinski definition) is 3. The Morgan fingerprint density at radius 2 is 1.78 bits per heavy atom. The summed E-state index contributed by atoms with van der Waals surface area (Å²) >= 11 is 1.42. The van der Waals surface area contributed by atoms with Crippen molar-refractivity contribution in [3.63, 3.8) is 0 Å². The maximum Gasteiger partial charge on any atom is 0.289 e. The van der Waals surface area contributed by atoms with Crippen molar-refractivity contribution in [3.8, 4) is 5.75 Å². The van der Waals surface area contributed by atoms with Gasteiger partial charge in [-0.15, -0.1) is 11.3 Å². The second-order valence-corrected chi connectivity index (χ2v) is 9.76. The number of nitrogens with one attached hydrogen (secondary N) is 3. The number of rotatable bonds is 6. The smallest absolute Gasteiger partial charge is 0.289 e. The van der Waals surface area contributed by atoms with Crippen molar-refractivity contribution in [2.24, 2.45) is 0 Å². The van der Waals surface area contributed by atoms with Crippen molar-refractivity contribution in [3.05, 3.63) is 81.9 Å². The first kappa shape index (κ1) is 24.5. The normalized spacial score (nSPS) is 13.9. The number of hydrogen-bond acceptors (Lipinski definition) is 6. The van der Waals surface area contributed by atoms with Gasteiger partial charge in [-0.1, -0.05) is 30.3 Å². The van der Waals surface area contributed by atoms with Gasteiger partial charge in [-0.3, -0.25) is 25.2 Å². The number of methoxy groups -OCH3 is 1. The molecule has 1 aliphatic rings. The van der Waals surface area contributed by atoms with Gasteiger partial charge < -0.3 is 14.6 Å². The van der Waals surface area contributed by atoms with Gasteiger partial charge >= 0.3 is 0 Å². The fourth-order valence-electron chi connectivity index (χ4n) is 4.58. The summed E-state index contributed by atoms with van der Waals surface area (Å²) < 4.78 is 5.18. The predicted octanol–water partition coefficient (Wildman–Crippen LogP) is 3.66. The fraction of sp³-hybridized carbons (Fsp3) is 0.259. The number of aromatic amines is 1. The summed E-state index contributed by atoms with van der Waals surface area (Å²) in [6.07, 6.45) is 3.87. The van der Waals surface area contributed by atoms with Gasteiger partial charge in [-0.25, -0.2) is 4.98 Å². The largest absolute Gasteiger partial charge is 0.496 e. The van der Waals surface area contributed by atoms with E-state index in [4.69, 9.17) is 4.74 Å². The molecule has 1 aliphatic heterocycles. The van der Waals surface area contributed by atoms with Crippen LogP contribution >= 0.6 is 11.3 Å². The average molecular weight is 518 g/mol. The van der Waals surface area contributed by atoms with E-state index in [1.807, 2.05) is 35.4 Å². The minimum absolute atomic E-state index is 0.119. The van der Waals surface area contributed by atoms with E-state index in [9.17, 15) is 14.4 Å². The molecule has 0 saturated carbocycles. The average Bonchev–Trinajstić information content (AvgIpc) is 3.60. The predicted molar refractivity (Wildman–Crippen MR) is 141 cm³/mol. The van der Waals surface area contributed by atoms with Gasteiger partial charge in [0, 0.05) is 41.5 Å². The monoisotopic (exact) mass is 517 g/mol. The number of nitrogens with zero attached hydrogens (tertiary/aromatic N) is 2. The maximum atomic E-state index is 12.9. The molecule has 10 heteroatoms. The Balaban J connectivity index is 1.13. The van der Waals surface area contributed by atoms with Crippen LogP contribution in [0.4, 0.5) is 0 Å². The lowest BCUT2D eigenvalue weighted by Crippen LogP contribution is -2.42. The molecule has 0 unspecified atom stereocenters. The number of likely N-dealkylation sites (tertiary alicyclic amines) is 1. The highest BCUT2D eigenvalue weighted by Gasteiger charge is 2.27. The molecule has 0 radical (unpaired) electrons. The number of fused-ring (bicyclic) bond motifs is 1. The molecular weight excluding hydrogens is 490 g/mol. The minimum Gasteiger partial charge on any atom is -0.496 e. The highest BCUT2D eigenvalue weighted by molar-refractivity contribution is 7.09. The van der Waals surface area contributed by atoms with Gasteiger partial charge in [0.05, 0.1) is 24.1 Å². The van der Waals surface area contributed by atoms with Gasteiger partial charge in [0.15, 0.2) is 0 Å². The van der Waals surface area contributed by atoms with E-state index in [2.05, 4.69) is 20.8 Å². The topological polar surface area (TPSA) is 116 Å². The van der Waals surface area contributed by atoms with E-state index in [1.165, 1.54) is 18.4 Å². The van der Waals surface area contributed by atoms with Crippen LogP contribution in [0, 0.1) is 0 Å². The van der Waals surface area contributed by atoms with E-state index in [1.54, 1.807) is 29.6 Å². The Kier molecular flexibility index (Phi) is 7.18. The van der Waals surface area contributed by atoms with E-state index in [-0.39, 0.29) is 17.5 Å². The van der Waals surface area contributed by atoms with Crippen LogP contribution in [0.5, 0.6) is 5.75 Å². The number of thiazole rings is 1. The molecule has 1 saturated heterocycles.